The molecule has 1 aromatic heterocycles. The number of aromatic nitrogens is 2. The van der Waals surface area contributed by atoms with Crippen LogP contribution in [0.3, 0.4) is 0 Å². The molecule has 3 rings (SSSR count). The second kappa shape index (κ2) is 4.91. The molecule has 1 N–H and O–H groups in total. The van der Waals surface area contributed by atoms with Gasteiger partial charge in [-0.05, 0) is 38.0 Å². The van der Waals surface area contributed by atoms with Crippen molar-refractivity contribution >= 4 is 5.97 Å². The van der Waals surface area contributed by atoms with E-state index in [-0.39, 0.29) is 0 Å². The van der Waals surface area contributed by atoms with E-state index in [2.05, 4.69) is 16.9 Å². The molecule has 2 fully saturated rings. The maximum absolute atomic E-state index is 11.2. The largest absolute Gasteiger partial charge is 0.478 e. The Balaban J connectivity index is 1.87. The Kier molecular flexibility index (Phi) is 3.25. The molecule has 4 heteroatoms. The van der Waals surface area contributed by atoms with Crippen LogP contribution in [0.25, 0.3) is 0 Å². The minimum Gasteiger partial charge on any atom is -0.478 e. The van der Waals surface area contributed by atoms with E-state index in [0.29, 0.717) is 17.4 Å². The summed E-state index contributed by atoms with van der Waals surface area (Å²) in [5, 5.41) is 9.20. The summed E-state index contributed by atoms with van der Waals surface area (Å²) >= 11 is 0. The predicted molar refractivity (Wildman–Crippen MR) is 71.3 cm³/mol. The Hall–Kier alpha value is -1.45. The van der Waals surface area contributed by atoms with Crippen LogP contribution in [0.15, 0.2) is 6.20 Å². The van der Waals surface area contributed by atoms with Crippen molar-refractivity contribution in [2.75, 3.05) is 0 Å². The third kappa shape index (κ3) is 2.48. The predicted octanol–water partition coefficient (Wildman–Crippen LogP) is 3.35. The van der Waals surface area contributed by atoms with Gasteiger partial charge in [0, 0.05) is 18.0 Å². The summed E-state index contributed by atoms with van der Waals surface area (Å²) in [6.45, 7) is 2.23. The van der Waals surface area contributed by atoms with Gasteiger partial charge in [-0.1, -0.05) is 13.3 Å². The lowest BCUT2D eigenvalue weighted by Crippen LogP contribution is -2.10. The maximum Gasteiger partial charge on any atom is 0.339 e. The van der Waals surface area contributed by atoms with E-state index >= 15 is 0 Å². The van der Waals surface area contributed by atoms with Crippen molar-refractivity contribution in [2.45, 2.75) is 57.3 Å². The molecule has 0 aromatic carbocycles. The molecular formula is C15H20N2O2. The molecule has 0 saturated heterocycles. The van der Waals surface area contributed by atoms with Gasteiger partial charge < -0.3 is 5.11 Å². The van der Waals surface area contributed by atoms with Crippen molar-refractivity contribution in [2.24, 2.45) is 5.92 Å². The van der Waals surface area contributed by atoms with Gasteiger partial charge in [-0.15, -0.1) is 0 Å². The van der Waals surface area contributed by atoms with Gasteiger partial charge in [0.2, 0.25) is 0 Å². The molecule has 2 saturated carbocycles. The molecule has 1 aromatic rings. The molecule has 0 aliphatic heterocycles. The Morgan fingerprint density at radius 3 is 2.63 bits per heavy atom. The molecule has 0 radical (unpaired) electrons. The number of carbonyl (C=O) groups is 1. The lowest BCUT2D eigenvalue weighted by Gasteiger charge is -2.11. The molecule has 2 unspecified atom stereocenters. The fraction of sp³-hybridized carbons (Fsp3) is 0.667. The highest BCUT2D eigenvalue weighted by Gasteiger charge is 2.32. The third-order valence-corrected chi connectivity index (χ3v) is 4.52. The van der Waals surface area contributed by atoms with Crippen LogP contribution in [0.2, 0.25) is 0 Å². The molecule has 2 atom stereocenters. The Bertz CT molecular complexity index is 497. The van der Waals surface area contributed by atoms with Gasteiger partial charge in [0.05, 0.1) is 11.3 Å². The molecule has 1 heterocycles. The zero-order chi connectivity index (χ0) is 13.4. The molecule has 4 nitrogen and oxygen atoms in total. The monoisotopic (exact) mass is 260 g/mol. The Morgan fingerprint density at radius 2 is 2.05 bits per heavy atom. The van der Waals surface area contributed by atoms with Gasteiger partial charge in [0.1, 0.15) is 5.82 Å². The van der Waals surface area contributed by atoms with E-state index in [4.69, 9.17) is 0 Å². The fourth-order valence-corrected chi connectivity index (χ4v) is 3.12. The lowest BCUT2D eigenvalue weighted by molar-refractivity contribution is 0.0694. The van der Waals surface area contributed by atoms with Crippen LogP contribution < -0.4 is 0 Å². The lowest BCUT2D eigenvalue weighted by atomic mass is 10.0. The van der Waals surface area contributed by atoms with Crippen molar-refractivity contribution in [1.82, 2.24) is 9.97 Å². The highest BCUT2D eigenvalue weighted by molar-refractivity contribution is 5.88. The zero-order valence-corrected chi connectivity index (χ0v) is 11.3. The highest BCUT2D eigenvalue weighted by atomic mass is 16.4. The number of rotatable bonds is 4. The molecule has 0 bridgehead atoms. The quantitative estimate of drug-likeness (QED) is 0.901. The van der Waals surface area contributed by atoms with E-state index in [9.17, 15) is 9.90 Å². The molecule has 0 amide bonds. The third-order valence-electron chi connectivity index (χ3n) is 4.52. The molecule has 102 valence electrons. The van der Waals surface area contributed by atoms with Crippen molar-refractivity contribution in [3.8, 4) is 0 Å². The van der Waals surface area contributed by atoms with E-state index in [0.717, 1.165) is 43.1 Å². The van der Waals surface area contributed by atoms with Gasteiger partial charge in [0.25, 0.3) is 0 Å². The topological polar surface area (TPSA) is 63.1 Å². The summed E-state index contributed by atoms with van der Waals surface area (Å²) in [4.78, 5) is 20.1. The van der Waals surface area contributed by atoms with Crippen LogP contribution in [0.5, 0.6) is 0 Å². The standard InChI is InChI=1S/C15H20N2O2/c1-2-9-3-4-11(7-9)14-16-8-12(15(18)19)13(17-14)10-5-6-10/h8-11H,2-7H2,1H3,(H,18,19). The summed E-state index contributed by atoms with van der Waals surface area (Å²) in [6.07, 6.45) is 8.45. The summed E-state index contributed by atoms with van der Waals surface area (Å²) in [6, 6.07) is 0. The summed E-state index contributed by atoms with van der Waals surface area (Å²) in [7, 11) is 0. The highest BCUT2D eigenvalue weighted by Crippen LogP contribution is 2.42. The second-order valence-electron chi connectivity index (χ2n) is 5.89. The zero-order valence-electron chi connectivity index (χ0n) is 11.3. The van der Waals surface area contributed by atoms with Crippen molar-refractivity contribution in [3.63, 3.8) is 0 Å². The molecule has 2 aliphatic rings. The van der Waals surface area contributed by atoms with Gasteiger partial charge in [0.15, 0.2) is 0 Å². The number of hydrogen-bond acceptors (Lipinski definition) is 3. The van der Waals surface area contributed by atoms with E-state index in [1.165, 1.54) is 19.0 Å². The fourth-order valence-electron chi connectivity index (χ4n) is 3.12. The Labute approximate surface area is 113 Å². The van der Waals surface area contributed by atoms with Crippen LogP contribution in [-0.4, -0.2) is 21.0 Å². The van der Waals surface area contributed by atoms with Crippen molar-refractivity contribution in [3.05, 3.63) is 23.3 Å². The number of carboxylic acid groups (broad SMARTS) is 1. The minimum atomic E-state index is -0.897. The molecular weight excluding hydrogens is 240 g/mol. The first kappa shape index (κ1) is 12.6. The van der Waals surface area contributed by atoms with Gasteiger partial charge in [-0.25, -0.2) is 14.8 Å². The van der Waals surface area contributed by atoms with Gasteiger partial charge in [-0.3, -0.25) is 0 Å². The van der Waals surface area contributed by atoms with Crippen molar-refractivity contribution in [1.29, 1.82) is 0 Å². The molecule has 2 aliphatic carbocycles. The van der Waals surface area contributed by atoms with E-state index in [1.807, 2.05) is 0 Å². The number of carboxylic acids is 1. The van der Waals surface area contributed by atoms with Crippen LogP contribution in [0.1, 0.15) is 79.2 Å². The first-order chi connectivity index (χ1) is 9.19. The molecule has 0 spiro atoms. The summed E-state index contributed by atoms with van der Waals surface area (Å²) in [5.74, 6) is 1.56. The van der Waals surface area contributed by atoms with E-state index in [1.54, 1.807) is 0 Å². The second-order valence-corrected chi connectivity index (χ2v) is 5.89. The average molecular weight is 260 g/mol. The van der Waals surface area contributed by atoms with Crippen LogP contribution in [0, 0.1) is 5.92 Å². The summed E-state index contributed by atoms with van der Waals surface area (Å²) in [5.41, 5.74) is 1.08. The van der Waals surface area contributed by atoms with Gasteiger partial charge >= 0.3 is 5.97 Å². The normalized spacial score (nSPS) is 26.6. The number of hydrogen-bond donors (Lipinski definition) is 1. The van der Waals surface area contributed by atoms with Crippen LogP contribution in [0.4, 0.5) is 0 Å². The smallest absolute Gasteiger partial charge is 0.339 e. The first-order valence-corrected chi connectivity index (χ1v) is 7.29. The van der Waals surface area contributed by atoms with Crippen LogP contribution in [-0.2, 0) is 0 Å². The Morgan fingerprint density at radius 1 is 1.32 bits per heavy atom. The molecule has 19 heavy (non-hydrogen) atoms. The van der Waals surface area contributed by atoms with Gasteiger partial charge in [-0.2, -0.15) is 0 Å². The first-order valence-electron chi connectivity index (χ1n) is 7.29. The van der Waals surface area contributed by atoms with E-state index < -0.39 is 5.97 Å². The average Bonchev–Trinajstić information content (AvgIpc) is 3.15. The van der Waals surface area contributed by atoms with Crippen molar-refractivity contribution < 1.29 is 9.90 Å². The summed E-state index contributed by atoms with van der Waals surface area (Å²) < 4.78 is 0. The number of aromatic carboxylic acids is 1. The van der Waals surface area contributed by atoms with Crippen LogP contribution >= 0.6 is 0 Å². The number of nitrogens with zero attached hydrogens (tertiary/aromatic N) is 2. The maximum atomic E-state index is 11.2. The minimum absolute atomic E-state index is 0.302. The SMILES string of the molecule is CCC1CCC(c2ncc(C(=O)O)c(C3CC3)n2)C1.